The zero-order valence-corrected chi connectivity index (χ0v) is 11.4. The number of aliphatic hydroxyl groups is 1. The fourth-order valence-electron chi connectivity index (χ4n) is 1.52. The van der Waals surface area contributed by atoms with E-state index in [1.165, 1.54) is 18.2 Å². The van der Waals surface area contributed by atoms with Crippen LogP contribution in [-0.2, 0) is 0 Å². The van der Waals surface area contributed by atoms with Gasteiger partial charge in [0.15, 0.2) is 0 Å². The first-order chi connectivity index (χ1) is 8.76. The highest BCUT2D eigenvalue weighted by atomic mass is 35.5. The number of hydrogen-bond acceptors (Lipinski definition) is 4. The number of benzene rings is 1. The van der Waals surface area contributed by atoms with Crippen LogP contribution < -0.4 is 5.32 Å². The lowest BCUT2D eigenvalue weighted by molar-refractivity contribution is -0.384. The van der Waals surface area contributed by atoms with E-state index in [-0.39, 0.29) is 22.9 Å². The summed E-state index contributed by atoms with van der Waals surface area (Å²) in [6.07, 6.45) is 0.402. The number of halogens is 1. The Kier molecular flexibility index (Phi) is 4.85. The van der Waals surface area contributed by atoms with Crippen LogP contribution in [-0.4, -0.2) is 28.1 Å². The van der Waals surface area contributed by atoms with Crippen molar-refractivity contribution in [3.05, 3.63) is 38.9 Å². The van der Waals surface area contributed by atoms with E-state index in [9.17, 15) is 14.9 Å². The SMILES string of the molecule is CC(C)(CCO)NC(=O)c1ccc([N+](=O)[O-])c(Cl)c1. The second-order valence-corrected chi connectivity index (χ2v) is 5.14. The number of nitrogens with one attached hydrogen (secondary N) is 1. The molecule has 0 aliphatic carbocycles. The van der Waals surface area contributed by atoms with E-state index in [2.05, 4.69) is 5.32 Å². The topological polar surface area (TPSA) is 92.5 Å². The minimum Gasteiger partial charge on any atom is -0.396 e. The summed E-state index contributed by atoms with van der Waals surface area (Å²) in [7, 11) is 0. The molecule has 1 amide bonds. The Morgan fingerprint density at radius 3 is 2.63 bits per heavy atom. The van der Waals surface area contributed by atoms with Gasteiger partial charge in [0.2, 0.25) is 0 Å². The predicted molar refractivity (Wildman–Crippen MR) is 71.4 cm³/mol. The van der Waals surface area contributed by atoms with Crippen molar-refractivity contribution in [3.63, 3.8) is 0 Å². The van der Waals surface area contributed by atoms with Gasteiger partial charge in [-0.15, -0.1) is 0 Å². The largest absolute Gasteiger partial charge is 0.396 e. The molecule has 19 heavy (non-hydrogen) atoms. The minimum atomic E-state index is -0.611. The minimum absolute atomic E-state index is 0.0473. The summed E-state index contributed by atoms with van der Waals surface area (Å²) in [6.45, 7) is 3.50. The van der Waals surface area contributed by atoms with Gasteiger partial charge in [0.05, 0.1) is 4.92 Å². The monoisotopic (exact) mass is 286 g/mol. The summed E-state index contributed by atoms with van der Waals surface area (Å²) in [4.78, 5) is 21.9. The first-order valence-electron chi connectivity index (χ1n) is 5.64. The van der Waals surface area contributed by atoms with Gasteiger partial charge < -0.3 is 10.4 Å². The summed E-state index contributed by atoms with van der Waals surface area (Å²) < 4.78 is 0. The highest BCUT2D eigenvalue weighted by Gasteiger charge is 2.22. The number of carbonyl (C=O) groups excluding carboxylic acids is 1. The van der Waals surface area contributed by atoms with E-state index in [0.717, 1.165) is 0 Å². The number of amides is 1. The molecule has 0 atom stereocenters. The van der Waals surface area contributed by atoms with Crippen LogP contribution in [0.2, 0.25) is 5.02 Å². The van der Waals surface area contributed by atoms with Crippen molar-refractivity contribution < 1.29 is 14.8 Å². The molecule has 7 heteroatoms. The number of aliphatic hydroxyl groups excluding tert-OH is 1. The van der Waals surface area contributed by atoms with E-state index in [4.69, 9.17) is 16.7 Å². The number of nitro groups is 1. The fourth-order valence-corrected chi connectivity index (χ4v) is 1.77. The third kappa shape index (κ3) is 4.18. The lowest BCUT2D eigenvalue weighted by Crippen LogP contribution is -2.44. The number of carbonyl (C=O) groups is 1. The standard InChI is InChI=1S/C12H15ClN2O4/c1-12(2,5-6-16)14-11(17)8-3-4-10(15(18)19)9(13)7-8/h3-4,7,16H,5-6H2,1-2H3,(H,14,17). The Hall–Kier alpha value is -1.66. The molecule has 0 aliphatic heterocycles. The van der Waals surface area contributed by atoms with Crippen LogP contribution in [0.3, 0.4) is 0 Å². The number of rotatable bonds is 5. The molecule has 1 aromatic carbocycles. The Labute approximate surface area is 115 Å². The van der Waals surface area contributed by atoms with Crippen molar-refractivity contribution in [2.24, 2.45) is 0 Å². The molecular formula is C12H15ClN2O4. The highest BCUT2D eigenvalue weighted by Crippen LogP contribution is 2.25. The van der Waals surface area contributed by atoms with Gasteiger partial charge in [0.25, 0.3) is 11.6 Å². The van der Waals surface area contributed by atoms with Crippen molar-refractivity contribution in [2.45, 2.75) is 25.8 Å². The van der Waals surface area contributed by atoms with Gasteiger partial charge in [-0.25, -0.2) is 0 Å². The van der Waals surface area contributed by atoms with E-state index >= 15 is 0 Å². The molecule has 0 aromatic heterocycles. The van der Waals surface area contributed by atoms with E-state index in [0.29, 0.717) is 6.42 Å². The molecule has 1 rings (SSSR count). The van der Waals surface area contributed by atoms with Gasteiger partial charge in [0, 0.05) is 23.8 Å². The first kappa shape index (κ1) is 15.4. The maximum Gasteiger partial charge on any atom is 0.287 e. The average Bonchev–Trinajstić information content (AvgIpc) is 2.27. The Balaban J connectivity index is 2.90. The second-order valence-electron chi connectivity index (χ2n) is 4.73. The number of hydrogen-bond donors (Lipinski definition) is 2. The highest BCUT2D eigenvalue weighted by molar-refractivity contribution is 6.33. The fraction of sp³-hybridized carbons (Fsp3) is 0.417. The van der Waals surface area contributed by atoms with Crippen molar-refractivity contribution in [1.82, 2.24) is 5.32 Å². The predicted octanol–water partition coefficient (Wildman–Crippen LogP) is 2.14. The van der Waals surface area contributed by atoms with Crippen LogP contribution in [0, 0.1) is 10.1 Å². The third-order valence-corrected chi connectivity index (χ3v) is 2.90. The van der Waals surface area contributed by atoms with Gasteiger partial charge in [-0.1, -0.05) is 11.6 Å². The second kappa shape index (κ2) is 5.99. The van der Waals surface area contributed by atoms with Crippen LogP contribution in [0.5, 0.6) is 0 Å². The Bertz CT molecular complexity index is 503. The molecular weight excluding hydrogens is 272 g/mol. The average molecular weight is 287 g/mol. The molecule has 0 heterocycles. The van der Waals surface area contributed by atoms with Crippen molar-refractivity contribution in [3.8, 4) is 0 Å². The van der Waals surface area contributed by atoms with Crippen LogP contribution in [0.15, 0.2) is 18.2 Å². The lowest BCUT2D eigenvalue weighted by atomic mass is 10.0. The molecule has 0 spiro atoms. The maximum absolute atomic E-state index is 11.9. The normalized spacial score (nSPS) is 11.2. The molecule has 0 fully saturated rings. The number of nitro benzene ring substituents is 1. The third-order valence-electron chi connectivity index (χ3n) is 2.60. The van der Waals surface area contributed by atoms with E-state index in [1.807, 2.05) is 0 Å². The van der Waals surface area contributed by atoms with Crippen LogP contribution >= 0.6 is 11.6 Å². The van der Waals surface area contributed by atoms with Crippen LogP contribution in [0.4, 0.5) is 5.69 Å². The zero-order chi connectivity index (χ0) is 14.6. The molecule has 0 saturated carbocycles. The molecule has 0 bridgehead atoms. The quantitative estimate of drug-likeness (QED) is 0.640. The van der Waals surface area contributed by atoms with Gasteiger partial charge in [0.1, 0.15) is 5.02 Å². The van der Waals surface area contributed by atoms with Crippen molar-refractivity contribution in [2.75, 3.05) is 6.61 Å². The van der Waals surface area contributed by atoms with Gasteiger partial charge in [-0.2, -0.15) is 0 Å². The smallest absolute Gasteiger partial charge is 0.287 e. The summed E-state index contributed by atoms with van der Waals surface area (Å²) in [6, 6.07) is 3.79. The Morgan fingerprint density at radius 1 is 1.53 bits per heavy atom. The van der Waals surface area contributed by atoms with Crippen LogP contribution in [0.25, 0.3) is 0 Å². The van der Waals surface area contributed by atoms with Crippen molar-refractivity contribution >= 4 is 23.2 Å². The first-order valence-corrected chi connectivity index (χ1v) is 6.02. The maximum atomic E-state index is 11.9. The summed E-state index contributed by atoms with van der Waals surface area (Å²) in [5, 5.41) is 22.1. The summed E-state index contributed by atoms with van der Waals surface area (Å²) in [5.74, 6) is -0.393. The molecule has 1 aromatic rings. The van der Waals surface area contributed by atoms with Gasteiger partial charge in [-0.05, 0) is 32.4 Å². The van der Waals surface area contributed by atoms with Gasteiger partial charge in [-0.3, -0.25) is 14.9 Å². The molecule has 2 N–H and O–H groups in total. The Morgan fingerprint density at radius 2 is 2.16 bits per heavy atom. The van der Waals surface area contributed by atoms with Gasteiger partial charge >= 0.3 is 0 Å². The molecule has 0 aliphatic rings. The molecule has 0 saturated heterocycles. The van der Waals surface area contributed by atoms with Crippen LogP contribution in [0.1, 0.15) is 30.6 Å². The molecule has 104 valence electrons. The molecule has 0 radical (unpaired) electrons. The summed E-state index contributed by atoms with van der Waals surface area (Å²) in [5.41, 5.74) is -0.574. The van der Waals surface area contributed by atoms with Crippen molar-refractivity contribution in [1.29, 1.82) is 0 Å². The summed E-state index contributed by atoms with van der Waals surface area (Å²) >= 11 is 5.74. The van der Waals surface area contributed by atoms with E-state index in [1.54, 1.807) is 13.8 Å². The molecule has 0 unspecified atom stereocenters. The zero-order valence-electron chi connectivity index (χ0n) is 10.6. The number of nitrogens with zero attached hydrogens (tertiary/aromatic N) is 1. The van der Waals surface area contributed by atoms with E-state index < -0.39 is 16.4 Å². The molecule has 6 nitrogen and oxygen atoms in total. The lowest BCUT2D eigenvalue weighted by Gasteiger charge is -2.25.